The van der Waals surface area contributed by atoms with Crippen LogP contribution in [0, 0.1) is 5.92 Å². The number of nitrogen functional groups attached to an aromatic ring is 1. The first kappa shape index (κ1) is 19.4. The van der Waals surface area contributed by atoms with E-state index in [0.717, 1.165) is 32.6 Å². The smallest absolute Gasteiger partial charge is 0.128 e. The molecule has 0 saturated carbocycles. The quantitative estimate of drug-likeness (QED) is 0.895. The Morgan fingerprint density at radius 1 is 1.35 bits per heavy atom. The molecule has 1 aromatic rings. The summed E-state index contributed by atoms with van der Waals surface area (Å²) in [6, 6.07) is 4.51. The van der Waals surface area contributed by atoms with Crippen LogP contribution in [-0.4, -0.2) is 36.1 Å². The first-order valence-corrected chi connectivity index (χ1v) is 6.89. The van der Waals surface area contributed by atoms with Gasteiger partial charge in [0, 0.05) is 44.0 Å². The van der Waals surface area contributed by atoms with Gasteiger partial charge in [-0.05, 0) is 12.0 Å². The zero-order chi connectivity index (χ0) is 13.0. The summed E-state index contributed by atoms with van der Waals surface area (Å²) in [6.07, 6.45) is 2.92. The van der Waals surface area contributed by atoms with Crippen molar-refractivity contribution in [1.82, 2.24) is 15.2 Å². The number of pyridine rings is 1. The number of rotatable bonds is 4. The van der Waals surface area contributed by atoms with Gasteiger partial charge in [-0.3, -0.25) is 4.90 Å². The molecule has 6 heteroatoms. The average molecular weight is 321 g/mol. The minimum atomic E-state index is 0. The number of hydrogen-bond acceptors (Lipinski definition) is 4. The summed E-state index contributed by atoms with van der Waals surface area (Å²) < 4.78 is 0. The van der Waals surface area contributed by atoms with Crippen LogP contribution in [0.5, 0.6) is 0 Å². The van der Waals surface area contributed by atoms with Crippen LogP contribution in [-0.2, 0) is 0 Å². The SMILES string of the molecule is CCC(C)[C@@H](c1cccnc1N)N1CCNCC1.Cl.Cl. The minimum Gasteiger partial charge on any atom is -0.383 e. The zero-order valence-electron chi connectivity index (χ0n) is 12.2. The number of nitrogens with two attached hydrogens (primary N) is 1. The Morgan fingerprint density at radius 3 is 2.55 bits per heavy atom. The molecule has 0 amide bonds. The van der Waals surface area contributed by atoms with E-state index >= 15 is 0 Å². The molecule has 1 unspecified atom stereocenters. The Kier molecular flexibility index (Phi) is 9.14. The molecule has 116 valence electrons. The van der Waals surface area contributed by atoms with Crippen LogP contribution in [0.25, 0.3) is 0 Å². The maximum Gasteiger partial charge on any atom is 0.128 e. The summed E-state index contributed by atoms with van der Waals surface area (Å²) in [5.41, 5.74) is 7.26. The van der Waals surface area contributed by atoms with E-state index in [1.54, 1.807) is 6.20 Å². The highest BCUT2D eigenvalue weighted by atomic mass is 35.5. The van der Waals surface area contributed by atoms with Crippen molar-refractivity contribution >= 4 is 30.6 Å². The molecule has 1 aromatic heterocycles. The van der Waals surface area contributed by atoms with E-state index < -0.39 is 0 Å². The van der Waals surface area contributed by atoms with Crippen LogP contribution in [0.15, 0.2) is 18.3 Å². The van der Waals surface area contributed by atoms with Gasteiger partial charge in [0.15, 0.2) is 0 Å². The van der Waals surface area contributed by atoms with Gasteiger partial charge in [-0.15, -0.1) is 24.8 Å². The van der Waals surface area contributed by atoms with Gasteiger partial charge < -0.3 is 11.1 Å². The fourth-order valence-corrected chi connectivity index (χ4v) is 2.73. The lowest BCUT2D eigenvalue weighted by Crippen LogP contribution is -2.46. The number of nitrogens with zero attached hydrogens (tertiary/aromatic N) is 2. The molecule has 1 aliphatic heterocycles. The maximum atomic E-state index is 6.07. The molecule has 1 aliphatic rings. The van der Waals surface area contributed by atoms with E-state index in [4.69, 9.17) is 5.73 Å². The normalized spacial score (nSPS) is 18.5. The van der Waals surface area contributed by atoms with E-state index in [1.807, 2.05) is 6.07 Å². The molecule has 0 spiro atoms. The van der Waals surface area contributed by atoms with E-state index in [-0.39, 0.29) is 24.8 Å². The first-order valence-electron chi connectivity index (χ1n) is 6.89. The monoisotopic (exact) mass is 320 g/mol. The van der Waals surface area contributed by atoms with Crippen LogP contribution >= 0.6 is 24.8 Å². The summed E-state index contributed by atoms with van der Waals surface area (Å²) in [4.78, 5) is 6.79. The maximum absolute atomic E-state index is 6.07. The van der Waals surface area contributed by atoms with Gasteiger partial charge in [-0.25, -0.2) is 4.98 Å². The molecule has 3 N–H and O–H groups in total. The van der Waals surface area contributed by atoms with Gasteiger partial charge in [0.05, 0.1) is 0 Å². The number of piperazine rings is 1. The van der Waals surface area contributed by atoms with Gasteiger partial charge in [0.2, 0.25) is 0 Å². The highest BCUT2D eigenvalue weighted by molar-refractivity contribution is 5.85. The van der Waals surface area contributed by atoms with Gasteiger partial charge >= 0.3 is 0 Å². The van der Waals surface area contributed by atoms with Crippen molar-refractivity contribution in [3.63, 3.8) is 0 Å². The third-order valence-electron chi connectivity index (χ3n) is 3.92. The number of anilines is 1. The number of hydrogen-bond donors (Lipinski definition) is 2. The van der Waals surface area contributed by atoms with E-state index in [1.165, 1.54) is 5.56 Å². The zero-order valence-corrected chi connectivity index (χ0v) is 13.8. The van der Waals surface area contributed by atoms with Crippen LogP contribution in [0.2, 0.25) is 0 Å². The molecular formula is C14H26Cl2N4. The molecule has 2 atom stereocenters. The van der Waals surface area contributed by atoms with Crippen molar-refractivity contribution in [2.24, 2.45) is 5.92 Å². The number of nitrogens with one attached hydrogen (secondary N) is 1. The summed E-state index contributed by atoms with van der Waals surface area (Å²) >= 11 is 0. The Hall–Kier alpha value is -0.550. The summed E-state index contributed by atoms with van der Waals surface area (Å²) in [7, 11) is 0. The van der Waals surface area contributed by atoms with Gasteiger partial charge in [0.25, 0.3) is 0 Å². The van der Waals surface area contributed by atoms with Gasteiger partial charge in [-0.1, -0.05) is 26.3 Å². The summed E-state index contributed by atoms with van der Waals surface area (Å²) in [5, 5.41) is 3.40. The molecule has 2 heterocycles. The second-order valence-corrected chi connectivity index (χ2v) is 5.09. The van der Waals surface area contributed by atoms with Crippen LogP contribution < -0.4 is 11.1 Å². The third-order valence-corrected chi connectivity index (χ3v) is 3.92. The fraction of sp³-hybridized carbons (Fsp3) is 0.643. The van der Waals surface area contributed by atoms with Crippen molar-refractivity contribution in [2.45, 2.75) is 26.3 Å². The number of aromatic nitrogens is 1. The van der Waals surface area contributed by atoms with E-state index in [0.29, 0.717) is 17.8 Å². The van der Waals surface area contributed by atoms with Gasteiger partial charge in [0.1, 0.15) is 5.82 Å². The Morgan fingerprint density at radius 2 is 2.00 bits per heavy atom. The van der Waals surface area contributed by atoms with Crippen LogP contribution in [0.4, 0.5) is 5.82 Å². The predicted molar refractivity (Wildman–Crippen MR) is 89.8 cm³/mol. The molecule has 1 saturated heterocycles. The van der Waals surface area contributed by atoms with E-state index in [9.17, 15) is 0 Å². The fourth-order valence-electron chi connectivity index (χ4n) is 2.73. The Balaban J connectivity index is 0.00000180. The van der Waals surface area contributed by atoms with Gasteiger partial charge in [-0.2, -0.15) is 0 Å². The number of halogens is 2. The van der Waals surface area contributed by atoms with Crippen molar-refractivity contribution in [2.75, 3.05) is 31.9 Å². The predicted octanol–water partition coefficient (Wildman–Crippen LogP) is 2.50. The van der Waals surface area contributed by atoms with Crippen LogP contribution in [0.3, 0.4) is 0 Å². The molecule has 4 nitrogen and oxygen atoms in total. The van der Waals surface area contributed by atoms with Crippen molar-refractivity contribution < 1.29 is 0 Å². The summed E-state index contributed by atoms with van der Waals surface area (Å²) in [5.74, 6) is 1.27. The van der Waals surface area contributed by atoms with E-state index in [2.05, 4.69) is 35.1 Å². The summed E-state index contributed by atoms with van der Waals surface area (Å²) in [6.45, 7) is 8.85. The van der Waals surface area contributed by atoms with Crippen molar-refractivity contribution in [3.8, 4) is 0 Å². The molecule has 0 radical (unpaired) electrons. The third kappa shape index (κ3) is 4.48. The lowest BCUT2D eigenvalue weighted by atomic mass is 9.91. The molecule has 0 bridgehead atoms. The average Bonchev–Trinajstić information content (AvgIpc) is 2.42. The molecule has 0 aromatic carbocycles. The standard InChI is InChI=1S/C14H24N4.2ClH/c1-3-11(2)13(18-9-7-16-8-10-18)12-5-4-6-17-14(12)15;;/h4-6,11,13,16H,3,7-10H2,1-2H3,(H2,15,17);2*1H/t11?,13-;;/m0../s1. The molecule has 2 rings (SSSR count). The lowest BCUT2D eigenvalue weighted by molar-refractivity contribution is 0.129. The largest absolute Gasteiger partial charge is 0.383 e. The minimum absolute atomic E-state index is 0. The molecule has 0 aliphatic carbocycles. The van der Waals surface area contributed by atoms with Crippen molar-refractivity contribution in [3.05, 3.63) is 23.9 Å². The first-order chi connectivity index (χ1) is 8.74. The second kappa shape index (κ2) is 9.40. The Labute approximate surface area is 134 Å². The van der Waals surface area contributed by atoms with Crippen molar-refractivity contribution in [1.29, 1.82) is 0 Å². The highest BCUT2D eigenvalue weighted by Crippen LogP contribution is 2.33. The highest BCUT2D eigenvalue weighted by Gasteiger charge is 2.27. The topological polar surface area (TPSA) is 54.2 Å². The van der Waals surface area contributed by atoms with Crippen LogP contribution in [0.1, 0.15) is 31.9 Å². The molecular weight excluding hydrogens is 295 g/mol. The second-order valence-electron chi connectivity index (χ2n) is 5.09. The molecule has 20 heavy (non-hydrogen) atoms. The lowest BCUT2D eigenvalue weighted by Gasteiger charge is -2.38. The molecule has 1 fully saturated rings. The Bertz CT molecular complexity index is 383.